The molecule has 0 aliphatic carbocycles. The van der Waals surface area contributed by atoms with Gasteiger partial charge in [0.25, 0.3) is 0 Å². The Morgan fingerprint density at radius 3 is 1.36 bits per heavy atom. The highest BCUT2D eigenvalue weighted by molar-refractivity contribution is 7.46. The molecule has 0 aliphatic rings. The molecule has 0 bridgehead atoms. The van der Waals surface area contributed by atoms with Gasteiger partial charge in [-0.05, 0) is 20.8 Å². The lowest BCUT2D eigenvalue weighted by molar-refractivity contribution is -0.148. The van der Waals surface area contributed by atoms with E-state index in [2.05, 4.69) is 11.1 Å². The number of phosphoric acid groups is 1. The normalized spacial score (nSPS) is 11.3. The van der Waals surface area contributed by atoms with Crippen LogP contribution in [0.1, 0.15) is 37.5 Å². The maximum Gasteiger partial charge on any atom is 0.469 e. The van der Waals surface area contributed by atoms with Gasteiger partial charge in [0.15, 0.2) is 5.60 Å². The van der Waals surface area contributed by atoms with E-state index in [-0.39, 0.29) is 0 Å². The summed E-state index contributed by atoms with van der Waals surface area (Å²) in [5.41, 5.74) is 2.01. The number of hydrogen-bond donors (Lipinski definition) is 2. The second-order valence-corrected chi connectivity index (χ2v) is 8.79. The molecule has 0 aliphatic heterocycles. The number of rotatable bonds is 7. The third-order valence-corrected chi connectivity index (χ3v) is 5.18. The van der Waals surface area contributed by atoms with Crippen molar-refractivity contribution in [2.45, 2.75) is 32.5 Å². The fourth-order valence-electron chi connectivity index (χ4n) is 3.20. The first-order chi connectivity index (χ1) is 15.6. The van der Waals surface area contributed by atoms with E-state index in [0.29, 0.717) is 5.57 Å². The number of carbonyl (C=O) groups excluding carboxylic acids is 1. The highest BCUT2D eigenvalue weighted by atomic mass is 31.2. The van der Waals surface area contributed by atoms with Gasteiger partial charge in [-0.3, -0.25) is 4.52 Å². The average molecular weight is 468 g/mol. The minimum Gasteiger partial charge on any atom is -0.441 e. The molecule has 3 aromatic carbocycles. The number of carbonyl (C=O) groups is 1. The Kier molecular flexibility index (Phi) is 9.32. The molecule has 6 nitrogen and oxygen atoms in total. The van der Waals surface area contributed by atoms with Crippen molar-refractivity contribution in [3.8, 4) is 0 Å². The molecule has 0 atom stereocenters. The molecule has 3 rings (SSSR count). The van der Waals surface area contributed by atoms with Gasteiger partial charge >= 0.3 is 13.8 Å². The molecule has 0 aromatic heterocycles. The molecule has 3 aromatic rings. The lowest BCUT2D eigenvalue weighted by Gasteiger charge is -2.35. The summed E-state index contributed by atoms with van der Waals surface area (Å²) in [4.78, 5) is 28.7. The topological polar surface area (TPSA) is 93.1 Å². The maximum absolute atomic E-state index is 12.6. The molecule has 0 spiro atoms. The van der Waals surface area contributed by atoms with Crippen molar-refractivity contribution in [1.29, 1.82) is 0 Å². The van der Waals surface area contributed by atoms with Crippen LogP contribution in [0.15, 0.2) is 103 Å². The third kappa shape index (κ3) is 7.52. The molecular weight excluding hydrogens is 439 g/mol. The summed E-state index contributed by atoms with van der Waals surface area (Å²) in [7, 11) is -4.22. The van der Waals surface area contributed by atoms with Gasteiger partial charge in [-0.25, -0.2) is 9.36 Å². The van der Waals surface area contributed by atoms with Gasteiger partial charge < -0.3 is 14.5 Å². The molecule has 174 valence electrons. The summed E-state index contributed by atoms with van der Waals surface area (Å²) in [5.74, 6) is -0.420. The minimum absolute atomic E-state index is 0.368. The lowest BCUT2D eigenvalue weighted by atomic mass is 9.80. The van der Waals surface area contributed by atoms with E-state index in [9.17, 15) is 9.36 Å². The molecule has 0 fully saturated rings. The smallest absolute Gasteiger partial charge is 0.441 e. The third-order valence-electron chi connectivity index (χ3n) is 4.48. The maximum atomic E-state index is 12.6. The van der Waals surface area contributed by atoms with Crippen molar-refractivity contribution in [2.24, 2.45) is 0 Å². The Bertz CT molecular complexity index is 979. The number of esters is 1. The molecule has 33 heavy (non-hydrogen) atoms. The number of hydrogen-bond acceptors (Lipinski definition) is 4. The SMILES string of the molecule is C=C(C)C(=O)OC(c1ccccc1)(c1ccccc1)c1ccccc1.CC(C)OP(=O)(O)O. The fourth-order valence-corrected chi connectivity index (χ4v) is 3.75. The summed E-state index contributed by atoms with van der Waals surface area (Å²) in [6, 6.07) is 29.4. The van der Waals surface area contributed by atoms with E-state index in [1.807, 2.05) is 91.0 Å². The van der Waals surface area contributed by atoms with Gasteiger partial charge in [0.05, 0.1) is 6.10 Å². The van der Waals surface area contributed by atoms with Crippen molar-refractivity contribution < 1.29 is 28.4 Å². The molecule has 0 unspecified atom stereocenters. The Labute approximate surface area is 194 Å². The molecule has 2 N–H and O–H groups in total. The van der Waals surface area contributed by atoms with Crippen LogP contribution >= 0.6 is 7.82 Å². The molecule has 0 heterocycles. The monoisotopic (exact) mass is 468 g/mol. The highest BCUT2D eigenvalue weighted by Gasteiger charge is 2.40. The van der Waals surface area contributed by atoms with Gasteiger partial charge in [0, 0.05) is 22.3 Å². The van der Waals surface area contributed by atoms with E-state index in [1.54, 1.807) is 20.8 Å². The van der Waals surface area contributed by atoms with Crippen LogP contribution in [0.5, 0.6) is 0 Å². The van der Waals surface area contributed by atoms with Crippen molar-refractivity contribution in [2.75, 3.05) is 0 Å². The summed E-state index contributed by atoms with van der Waals surface area (Å²) in [6.07, 6.45) is -0.421. The zero-order valence-corrected chi connectivity index (χ0v) is 19.8. The Morgan fingerprint density at radius 1 is 0.818 bits per heavy atom. The van der Waals surface area contributed by atoms with Gasteiger partial charge in [0.2, 0.25) is 0 Å². The summed E-state index contributed by atoms with van der Waals surface area (Å²) in [5, 5.41) is 0. The molecule has 0 radical (unpaired) electrons. The Morgan fingerprint density at radius 2 is 1.15 bits per heavy atom. The minimum atomic E-state index is -4.22. The predicted octanol–water partition coefficient (Wildman–Crippen LogP) is 5.60. The Balaban J connectivity index is 0.000000414. The van der Waals surface area contributed by atoms with Gasteiger partial charge in [0.1, 0.15) is 0 Å². The van der Waals surface area contributed by atoms with Crippen LogP contribution < -0.4 is 0 Å². The number of benzene rings is 3. The van der Waals surface area contributed by atoms with Crippen LogP contribution in [0.4, 0.5) is 0 Å². The predicted molar refractivity (Wildman–Crippen MR) is 128 cm³/mol. The molecule has 0 amide bonds. The first-order valence-corrected chi connectivity index (χ1v) is 11.9. The number of phosphoric ester groups is 1. The molecule has 7 heteroatoms. The van der Waals surface area contributed by atoms with Crippen LogP contribution in [-0.4, -0.2) is 21.9 Å². The lowest BCUT2D eigenvalue weighted by Crippen LogP contribution is -2.35. The van der Waals surface area contributed by atoms with Crippen molar-refractivity contribution in [3.05, 3.63) is 120 Å². The summed E-state index contributed by atoms with van der Waals surface area (Å²) < 4.78 is 20.1. The van der Waals surface area contributed by atoms with E-state index in [4.69, 9.17) is 14.5 Å². The van der Waals surface area contributed by atoms with Crippen molar-refractivity contribution in [3.63, 3.8) is 0 Å². The van der Waals surface area contributed by atoms with Crippen LogP contribution in [0.2, 0.25) is 0 Å². The van der Waals surface area contributed by atoms with Crippen LogP contribution in [0, 0.1) is 0 Å². The summed E-state index contributed by atoms with van der Waals surface area (Å²) >= 11 is 0. The van der Waals surface area contributed by atoms with E-state index < -0.39 is 25.5 Å². The largest absolute Gasteiger partial charge is 0.469 e. The highest BCUT2D eigenvalue weighted by Crippen LogP contribution is 2.41. The number of ether oxygens (including phenoxy) is 1. The first-order valence-electron chi connectivity index (χ1n) is 10.4. The quantitative estimate of drug-likeness (QED) is 0.203. The average Bonchev–Trinajstić information content (AvgIpc) is 2.78. The second-order valence-electron chi connectivity index (χ2n) is 7.59. The van der Waals surface area contributed by atoms with E-state index in [1.165, 1.54) is 0 Å². The van der Waals surface area contributed by atoms with Crippen LogP contribution in [-0.2, 0) is 24.2 Å². The van der Waals surface area contributed by atoms with E-state index in [0.717, 1.165) is 16.7 Å². The second kappa shape index (κ2) is 11.7. The zero-order chi connectivity index (χ0) is 24.5. The van der Waals surface area contributed by atoms with E-state index >= 15 is 0 Å². The van der Waals surface area contributed by atoms with Gasteiger partial charge in [-0.2, -0.15) is 0 Å². The zero-order valence-electron chi connectivity index (χ0n) is 18.9. The van der Waals surface area contributed by atoms with Gasteiger partial charge in [-0.1, -0.05) is 97.6 Å². The van der Waals surface area contributed by atoms with Crippen LogP contribution in [0.3, 0.4) is 0 Å². The molecule has 0 saturated heterocycles. The Hall–Kier alpha value is -3.02. The molecule has 0 saturated carbocycles. The van der Waals surface area contributed by atoms with Crippen molar-refractivity contribution >= 4 is 13.8 Å². The summed E-state index contributed by atoms with van der Waals surface area (Å²) in [6.45, 7) is 8.52. The van der Waals surface area contributed by atoms with Crippen molar-refractivity contribution in [1.82, 2.24) is 0 Å². The standard InChI is InChI=1S/C23H20O2.C3H9O4P/c1-18(2)22(24)25-23(19-12-6-3-7-13-19,20-14-8-4-9-15-20)21-16-10-5-11-17-21;1-3(2)7-8(4,5)6/h3-17H,1H2,2H3;3H,1-2H3,(H2,4,5,6). The molecular formula is C26H29O6P. The van der Waals surface area contributed by atoms with Gasteiger partial charge in [-0.15, -0.1) is 0 Å². The first kappa shape index (κ1) is 26.2. The van der Waals surface area contributed by atoms with Crippen LogP contribution in [0.25, 0.3) is 0 Å². The fraction of sp³-hybridized carbons (Fsp3) is 0.192.